The van der Waals surface area contributed by atoms with E-state index in [1.54, 1.807) is 13.0 Å². The maximum atomic E-state index is 12.6. The van der Waals surface area contributed by atoms with Crippen molar-refractivity contribution in [3.8, 4) is 0 Å². The molecule has 26 heavy (non-hydrogen) atoms. The summed E-state index contributed by atoms with van der Waals surface area (Å²) in [6.45, 7) is 3.33. The third-order valence-corrected chi connectivity index (χ3v) is 5.89. The van der Waals surface area contributed by atoms with Gasteiger partial charge in [-0.15, -0.1) is 11.3 Å². The largest absolute Gasteiger partial charge is 0.469 e. The molecule has 2 amide bonds. The summed E-state index contributed by atoms with van der Waals surface area (Å²) >= 11 is 1.33. The second kappa shape index (κ2) is 7.20. The minimum atomic E-state index is -0.252. The summed E-state index contributed by atoms with van der Waals surface area (Å²) in [6, 6.07) is 2.62. The second-order valence-electron chi connectivity index (χ2n) is 6.93. The SMILES string of the molecule is Cc1occc1C(=O)Nc1nc(CC(=O)N2CCC3CCC(C2)N3)cs1. The molecule has 0 saturated carbocycles. The van der Waals surface area contributed by atoms with Gasteiger partial charge in [-0.05, 0) is 32.3 Å². The third kappa shape index (κ3) is 3.66. The van der Waals surface area contributed by atoms with Gasteiger partial charge in [0.05, 0.1) is 23.9 Å². The van der Waals surface area contributed by atoms with Crippen LogP contribution in [-0.4, -0.2) is 46.9 Å². The number of hydrogen-bond donors (Lipinski definition) is 2. The van der Waals surface area contributed by atoms with Gasteiger partial charge >= 0.3 is 0 Å². The molecule has 8 heteroatoms. The number of likely N-dealkylation sites (tertiary alicyclic amines) is 1. The van der Waals surface area contributed by atoms with Gasteiger partial charge < -0.3 is 14.6 Å². The van der Waals surface area contributed by atoms with Crippen LogP contribution in [0, 0.1) is 6.92 Å². The zero-order valence-electron chi connectivity index (χ0n) is 14.7. The molecule has 2 saturated heterocycles. The number of nitrogens with one attached hydrogen (secondary N) is 2. The van der Waals surface area contributed by atoms with Crippen molar-refractivity contribution in [2.75, 3.05) is 18.4 Å². The van der Waals surface area contributed by atoms with Crippen LogP contribution < -0.4 is 10.6 Å². The lowest BCUT2D eigenvalue weighted by atomic mass is 10.1. The van der Waals surface area contributed by atoms with Crippen LogP contribution >= 0.6 is 11.3 Å². The topological polar surface area (TPSA) is 87.5 Å². The molecule has 2 fully saturated rings. The first-order valence-corrected chi connectivity index (χ1v) is 9.80. The fourth-order valence-corrected chi connectivity index (χ4v) is 4.37. The summed E-state index contributed by atoms with van der Waals surface area (Å²) in [6.07, 6.45) is 5.14. The summed E-state index contributed by atoms with van der Waals surface area (Å²) in [7, 11) is 0. The van der Waals surface area contributed by atoms with Crippen LogP contribution in [0.25, 0.3) is 0 Å². The predicted octanol–water partition coefficient (Wildman–Crippen LogP) is 2.19. The van der Waals surface area contributed by atoms with Crippen LogP contribution in [0.1, 0.15) is 41.1 Å². The van der Waals surface area contributed by atoms with Crippen LogP contribution in [0.3, 0.4) is 0 Å². The monoisotopic (exact) mass is 374 g/mol. The van der Waals surface area contributed by atoms with Crippen LogP contribution in [0.2, 0.25) is 0 Å². The normalized spacial score (nSPS) is 22.3. The van der Waals surface area contributed by atoms with E-state index in [0.29, 0.717) is 34.2 Å². The van der Waals surface area contributed by atoms with Crippen molar-refractivity contribution in [1.82, 2.24) is 15.2 Å². The lowest BCUT2D eigenvalue weighted by molar-refractivity contribution is -0.130. The van der Waals surface area contributed by atoms with Crippen molar-refractivity contribution in [3.63, 3.8) is 0 Å². The van der Waals surface area contributed by atoms with E-state index in [1.807, 2.05) is 10.3 Å². The Morgan fingerprint density at radius 2 is 2.23 bits per heavy atom. The van der Waals surface area contributed by atoms with E-state index in [0.717, 1.165) is 25.9 Å². The molecule has 2 aromatic heterocycles. The Morgan fingerprint density at radius 3 is 3.04 bits per heavy atom. The van der Waals surface area contributed by atoms with E-state index in [4.69, 9.17) is 4.42 Å². The van der Waals surface area contributed by atoms with Crippen molar-refractivity contribution < 1.29 is 14.0 Å². The van der Waals surface area contributed by atoms with Crippen molar-refractivity contribution in [3.05, 3.63) is 34.7 Å². The molecular weight excluding hydrogens is 352 g/mol. The van der Waals surface area contributed by atoms with E-state index in [1.165, 1.54) is 24.0 Å². The van der Waals surface area contributed by atoms with Crippen molar-refractivity contribution in [2.45, 2.75) is 44.7 Å². The van der Waals surface area contributed by atoms with Crippen molar-refractivity contribution >= 4 is 28.3 Å². The number of carbonyl (C=O) groups excluding carboxylic acids is 2. The van der Waals surface area contributed by atoms with Gasteiger partial charge in [0.15, 0.2) is 5.13 Å². The standard InChI is InChI=1S/C18H22N4O3S/c1-11-15(5-7-25-11)17(24)21-18-20-14(10-26-18)8-16(23)22-6-4-12-2-3-13(9-22)19-12/h5,7,10,12-13,19H,2-4,6,8-9H2,1H3,(H,20,21,24). The van der Waals surface area contributed by atoms with Gasteiger partial charge in [-0.1, -0.05) is 0 Å². The summed E-state index contributed by atoms with van der Waals surface area (Å²) in [5.74, 6) is 0.421. The zero-order chi connectivity index (χ0) is 18.1. The van der Waals surface area contributed by atoms with E-state index < -0.39 is 0 Å². The molecule has 138 valence electrons. The number of aryl methyl sites for hydroxylation is 1. The molecule has 0 radical (unpaired) electrons. The summed E-state index contributed by atoms with van der Waals surface area (Å²) in [4.78, 5) is 31.2. The smallest absolute Gasteiger partial charge is 0.260 e. The average Bonchev–Trinajstić information content (AvgIpc) is 3.28. The molecule has 2 aliphatic rings. The number of hydrogen-bond acceptors (Lipinski definition) is 6. The first-order valence-electron chi connectivity index (χ1n) is 8.92. The zero-order valence-corrected chi connectivity index (χ0v) is 15.5. The third-order valence-electron chi connectivity index (χ3n) is 5.08. The number of rotatable bonds is 4. The maximum absolute atomic E-state index is 12.6. The molecule has 0 spiro atoms. The van der Waals surface area contributed by atoms with E-state index >= 15 is 0 Å². The highest BCUT2D eigenvalue weighted by Crippen LogP contribution is 2.22. The summed E-state index contributed by atoms with van der Waals surface area (Å²) < 4.78 is 5.15. The number of amides is 2. The first-order chi connectivity index (χ1) is 12.6. The Hall–Kier alpha value is -2.19. The number of thiazole rings is 1. The number of aromatic nitrogens is 1. The highest BCUT2D eigenvalue weighted by molar-refractivity contribution is 7.14. The molecule has 4 heterocycles. The summed E-state index contributed by atoms with van der Waals surface area (Å²) in [5.41, 5.74) is 1.19. The fourth-order valence-electron chi connectivity index (χ4n) is 3.67. The van der Waals surface area contributed by atoms with E-state index in [2.05, 4.69) is 15.6 Å². The predicted molar refractivity (Wildman–Crippen MR) is 98.4 cm³/mol. The second-order valence-corrected chi connectivity index (χ2v) is 7.79. The highest BCUT2D eigenvalue weighted by Gasteiger charge is 2.31. The summed E-state index contributed by atoms with van der Waals surface area (Å²) in [5, 5.41) is 8.67. The van der Waals surface area contributed by atoms with Gasteiger partial charge in [0.2, 0.25) is 5.91 Å². The number of anilines is 1. The minimum Gasteiger partial charge on any atom is -0.469 e. The fraction of sp³-hybridized carbons (Fsp3) is 0.500. The Kier molecular flexibility index (Phi) is 4.78. The maximum Gasteiger partial charge on any atom is 0.260 e. The lowest BCUT2D eigenvalue weighted by Gasteiger charge is -2.24. The molecule has 2 bridgehead atoms. The molecule has 2 atom stereocenters. The van der Waals surface area contributed by atoms with Crippen LogP contribution in [0.4, 0.5) is 5.13 Å². The molecule has 0 aliphatic carbocycles. The first kappa shape index (κ1) is 17.2. The molecule has 0 aromatic carbocycles. The quantitative estimate of drug-likeness (QED) is 0.857. The number of furan rings is 1. The molecule has 7 nitrogen and oxygen atoms in total. The Bertz CT molecular complexity index is 815. The molecule has 2 unspecified atom stereocenters. The molecule has 2 aliphatic heterocycles. The van der Waals surface area contributed by atoms with Gasteiger partial charge in [-0.2, -0.15) is 0 Å². The van der Waals surface area contributed by atoms with Crippen molar-refractivity contribution in [1.29, 1.82) is 0 Å². The molecule has 4 rings (SSSR count). The number of nitrogens with zero attached hydrogens (tertiary/aromatic N) is 2. The van der Waals surface area contributed by atoms with Gasteiger partial charge in [0, 0.05) is 30.6 Å². The molecule has 2 N–H and O–H groups in total. The highest BCUT2D eigenvalue weighted by atomic mass is 32.1. The van der Waals surface area contributed by atoms with Gasteiger partial charge in [0.25, 0.3) is 5.91 Å². The van der Waals surface area contributed by atoms with Crippen LogP contribution in [-0.2, 0) is 11.2 Å². The van der Waals surface area contributed by atoms with Crippen molar-refractivity contribution in [2.24, 2.45) is 0 Å². The molecular formula is C18H22N4O3S. The van der Waals surface area contributed by atoms with E-state index in [-0.39, 0.29) is 18.2 Å². The van der Waals surface area contributed by atoms with Gasteiger partial charge in [-0.3, -0.25) is 14.9 Å². The van der Waals surface area contributed by atoms with Crippen LogP contribution in [0.15, 0.2) is 22.1 Å². The number of carbonyl (C=O) groups is 2. The Labute approximate surface area is 155 Å². The van der Waals surface area contributed by atoms with Crippen LogP contribution in [0.5, 0.6) is 0 Å². The van der Waals surface area contributed by atoms with Gasteiger partial charge in [-0.25, -0.2) is 4.98 Å². The van der Waals surface area contributed by atoms with E-state index in [9.17, 15) is 9.59 Å². The average molecular weight is 374 g/mol. The number of fused-ring (bicyclic) bond motifs is 2. The minimum absolute atomic E-state index is 0.105. The Balaban J connectivity index is 1.35. The molecule has 2 aromatic rings. The van der Waals surface area contributed by atoms with Gasteiger partial charge in [0.1, 0.15) is 5.76 Å². The lowest BCUT2D eigenvalue weighted by Crippen LogP contribution is -2.39. The Morgan fingerprint density at radius 1 is 1.38 bits per heavy atom.